The second-order valence-electron chi connectivity index (χ2n) is 1.49. The maximum Gasteiger partial charge on any atom is 0.346 e. The van der Waals surface area contributed by atoms with Crippen molar-refractivity contribution in [3.8, 4) is 0 Å². The van der Waals surface area contributed by atoms with Crippen LogP contribution in [0.4, 0.5) is 0 Å². The van der Waals surface area contributed by atoms with E-state index in [4.69, 9.17) is 25.5 Å². The first-order valence-electron chi connectivity index (χ1n) is 2.77. The van der Waals surface area contributed by atoms with E-state index in [1.54, 1.807) is 0 Å². The van der Waals surface area contributed by atoms with Gasteiger partial charge in [-0.1, -0.05) is 0 Å². The fourth-order valence-corrected chi connectivity index (χ4v) is 0.143. The lowest BCUT2D eigenvalue weighted by atomic mass is 10.5. The summed E-state index contributed by atoms with van der Waals surface area (Å²) in [6, 6.07) is 0. The van der Waals surface area contributed by atoms with E-state index in [1.165, 1.54) is 0 Å². The van der Waals surface area contributed by atoms with Gasteiger partial charge in [-0.3, -0.25) is 0 Å². The van der Waals surface area contributed by atoms with Crippen LogP contribution in [0, 0.1) is 5.41 Å². The Balaban J connectivity index is 0. The first-order valence-corrected chi connectivity index (χ1v) is 2.77. The quantitative estimate of drug-likeness (QED) is 0.346. The molecule has 0 bridgehead atoms. The van der Waals surface area contributed by atoms with Crippen molar-refractivity contribution in [2.45, 2.75) is 0 Å². The topological polar surface area (TPSA) is 136 Å². The molecule has 0 aromatic carbocycles. The predicted octanol–water partition coefficient (Wildman–Crippen LogP) is -0.568. The van der Waals surface area contributed by atoms with Crippen LogP contribution in [0.25, 0.3) is 0 Å². The van der Waals surface area contributed by atoms with E-state index in [1.807, 2.05) is 0 Å². The Bertz CT molecular complexity index is 228. The third kappa shape index (κ3) is 25.8. The van der Waals surface area contributed by atoms with E-state index in [-0.39, 0.29) is 0 Å². The third-order valence-corrected chi connectivity index (χ3v) is 0.492. The SMILES string of the molecule is N=CC(=O)O.O=C(O)/C=C\C(=O)O. The number of hydrogen-bond donors (Lipinski definition) is 4. The van der Waals surface area contributed by atoms with E-state index in [9.17, 15) is 9.59 Å². The predicted molar refractivity (Wildman–Crippen MR) is 40.8 cm³/mol. The van der Waals surface area contributed by atoms with Gasteiger partial charge in [-0.2, -0.15) is 0 Å². The molecule has 7 heteroatoms. The molecule has 0 amide bonds. The number of rotatable bonds is 3. The average molecular weight is 189 g/mol. The maximum atomic E-state index is 9.55. The molecule has 0 saturated carbocycles. The fraction of sp³-hybridized carbons (Fsp3) is 0. The van der Waals surface area contributed by atoms with Crippen molar-refractivity contribution in [1.29, 1.82) is 5.41 Å². The van der Waals surface area contributed by atoms with E-state index in [2.05, 4.69) is 0 Å². The molecule has 7 nitrogen and oxygen atoms in total. The molecule has 0 saturated heterocycles. The fourth-order valence-electron chi connectivity index (χ4n) is 0.143. The largest absolute Gasteiger partial charge is 0.478 e. The number of carboxylic acid groups (broad SMARTS) is 3. The van der Waals surface area contributed by atoms with Crippen molar-refractivity contribution in [2.75, 3.05) is 0 Å². The average Bonchev–Trinajstić information content (AvgIpc) is 2.02. The van der Waals surface area contributed by atoms with Gasteiger partial charge in [-0.05, 0) is 0 Å². The Hall–Kier alpha value is -2.18. The van der Waals surface area contributed by atoms with Crippen molar-refractivity contribution in [1.82, 2.24) is 0 Å². The lowest BCUT2D eigenvalue weighted by molar-refractivity contribution is -0.134. The molecule has 0 unspecified atom stereocenters. The summed E-state index contributed by atoms with van der Waals surface area (Å²) < 4.78 is 0. The molecular weight excluding hydrogens is 182 g/mol. The molecule has 0 aliphatic carbocycles. The molecule has 72 valence electrons. The van der Waals surface area contributed by atoms with Crippen LogP contribution in [-0.4, -0.2) is 39.4 Å². The smallest absolute Gasteiger partial charge is 0.346 e. The second kappa shape index (κ2) is 7.92. The zero-order chi connectivity index (χ0) is 10.9. The summed E-state index contributed by atoms with van der Waals surface area (Å²) in [5.41, 5.74) is 0. The van der Waals surface area contributed by atoms with Crippen LogP contribution < -0.4 is 0 Å². The molecular formula is C6H7NO6. The summed E-state index contributed by atoms with van der Waals surface area (Å²) in [4.78, 5) is 28.2. The minimum Gasteiger partial charge on any atom is -0.478 e. The Morgan fingerprint density at radius 1 is 0.846 bits per heavy atom. The van der Waals surface area contributed by atoms with Gasteiger partial charge in [-0.25, -0.2) is 14.4 Å². The molecule has 13 heavy (non-hydrogen) atoms. The zero-order valence-electron chi connectivity index (χ0n) is 6.30. The van der Waals surface area contributed by atoms with Gasteiger partial charge in [0.1, 0.15) is 6.21 Å². The van der Waals surface area contributed by atoms with Crippen LogP contribution in [0.15, 0.2) is 12.2 Å². The lowest BCUT2D eigenvalue weighted by Gasteiger charge is -1.74. The minimum atomic E-state index is -1.26. The number of nitrogens with one attached hydrogen (secondary N) is 1. The van der Waals surface area contributed by atoms with Crippen molar-refractivity contribution in [3.63, 3.8) is 0 Å². The monoisotopic (exact) mass is 189 g/mol. The summed E-state index contributed by atoms with van der Waals surface area (Å²) in [6.45, 7) is 0. The number of aliphatic carboxylic acids is 3. The minimum absolute atomic E-state index is 0.333. The van der Waals surface area contributed by atoms with Gasteiger partial charge in [0.2, 0.25) is 0 Å². The van der Waals surface area contributed by atoms with Gasteiger partial charge in [0.25, 0.3) is 0 Å². The standard InChI is InChI=1S/C4H4O4.C2H3NO2/c5-3(6)1-2-4(7)8;3-1-2(4)5/h1-2H,(H,5,6)(H,7,8);1,3H,(H,4,5)/b2-1-;. The van der Waals surface area contributed by atoms with E-state index < -0.39 is 17.9 Å². The number of carbonyl (C=O) groups is 3. The van der Waals surface area contributed by atoms with Crippen LogP contribution >= 0.6 is 0 Å². The van der Waals surface area contributed by atoms with Gasteiger partial charge in [-0.15, -0.1) is 0 Å². The van der Waals surface area contributed by atoms with Crippen molar-refractivity contribution >= 4 is 24.1 Å². The van der Waals surface area contributed by atoms with Gasteiger partial charge >= 0.3 is 17.9 Å². The Labute approximate surface area is 72.4 Å². The highest BCUT2D eigenvalue weighted by atomic mass is 16.4. The molecule has 0 aliphatic heterocycles. The lowest BCUT2D eigenvalue weighted by Crippen LogP contribution is -1.91. The van der Waals surface area contributed by atoms with Crippen LogP contribution in [0.3, 0.4) is 0 Å². The number of hydrogen-bond acceptors (Lipinski definition) is 4. The molecule has 0 radical (unpaired) electrons. The van der Waals surface area contributed by atoms with Crippen molar-refractivity contribution < 1.29 is 29.7 Å². The first kappa shape index (κ1) is 13.4. The number of carboxylic acids is 3. The molecule has 0 atom stereocenters. The first-order chi connectivity index (χ1) is 5.90. The van der Waals surface area contributed by atoms with E-state index in [0.717, 1.165) is 0 Å². The second-order valence-corrected chi connectivity index (χ2v) is 1.49. The van der Waals surface area contributed by atoms with Crippen LogP contribution in [0.2, 0.25) is 0 Å². The zero-order valence-corrected chi connectivity index (χ0v) is 6.30. The molecule has 0 heterocycles. The highest BCUT2D eigenvalue weighted by Gasteiger charge is 1.88. The molecule has 0 aromatic heterocycles. The Kier molecular flexibility index (Phi) is 8.17. The van der Waals surface area contributed by atoms with Gasteiger partial charge in [0, 0.05) is 12.2 Å². The van der Waals surface area contributed by atoms with Crippen molar-refractivity contribution in [3.05, 3.63) is 12.2 Å². The highest BCUT2D eigenvalue weighted by molar-refractivity contribution is 6.20. The maximum absolute atomic E-state index is 9.55. The normalized spacial score (nSPS) is 8.31. The molecule has 4 N–H and O–H groups in total. The van der Waals surface area contributed by atoms with Crippen molar-refractivity contribution in [2.24, 2.45) is 0 Å². The summed E-state index contributed by atoms with van der Waals surface area (Å²) >= 11 is 0. The van der Waals surface area contributed by atoms with Crippen LogP contribution in [0.5, 0.6) is 0 Å². The summed E-state index contributed by atoms with van der Waals surface area (Å²) in [7, 11) is 0. The summed E-state index contributed by atoms with van der Waals surface area (Å²) in [5, 5.41) is 29.0. The highest BCUT2D eigenvalue weighted by Crippen LogP contribution is 1.70. The van der Waals surface area contributed by atoms with Crippen LogP contribution in [0.1, 0.15) is 0 Å². The van der Waals surface area contributed by atoms with Gasteiger partial charge in [0.15, 0.2) is 0 Å². The molecule has 0 spiro atoms. The molecule has 0 aliphatic rings. The van der Waals surface area contributed by atoms with Gasteiger partial charge in [0.05, 0.1) is 0 Å². The van der Waals surface area contributed by atoms with E-state index >= 15 is 0 Å². The third-order valence-electron chi connectivity index (χ3n) is 0.492. The summed E-state index contributed by atoms with van der Waals surface area (Å²) in [5.74, 6) is -3.72. The Morgan fingerprint density at radius 2 is 1.08 bits per heavy atom. The summed E-state index contributed by atoms with van der Waals surface area (Å²) in [6.07, 6.45) is 1.45. The molecule has 0 rings (SSSR count). The van der Waals surface area contributed by atoms with E-state index in [0.29, 0.717) is 18.4 Å². The molecule has 0 fully saturated rings. The molecule has 0 aromatic rings. The Morgan fingerprint density at radius 3 is 1.15 bits per heavy atom. The van der Waals surface area contributed by atoms with Gasteiger partial charge < -0.3 is 20.7 Å². The van der Waals surface area contributed by atoms with Crippen LogP contribution in [-0.2, 0) is 14.4 Å².